The summed E-state index contributed by atoms with van der Waals surface area (Å²) in [4.78, 5) is 12.1. The van der Waals surface area contributed by atoms with Gasteiger partial charge in [0, 0.05) is 22.6 Å². The molecule has 6 aromatic carbocycles. The zero-order valence-corrected chi connectivity index (χ0v) is 25.1. The Bertz CT molecular complexity index is 2070. The Morgan fingerprint density at radius 1 is 0.681 bits per heavy atom. The number of nitrogens with zero attached hydrogens (tertiary/aromatic N) is 2. The van der Waals surface area contributed by atoms with E-state index in [9.17, 15) is 9.18 Å². The van der Waals surface area contributed by atoms with Gasteiger partial charge in [-0.25, -0.2) is 18.3 Å². The molecule has 1 aromatic heterocycles. The first-order chi connectivity index (χ1) is 23.0. The highest BCUT2D eigenvalue weighted by Crippen LogP contribution is 2.45. The molecule has 230 valence electrons. The van der Waals surface area contributed by atoms with Crippen LogP contribution in [-0.4, -0.2) is 15.9 Å². The van der Waals surface area contributed by atoms with E-state index in [0.717, 1.165) is 16.7 Å². The van der Waals surface area contributed by atoms with Crippen molar-refractivity contribution in [3.8, 4) is 11.3 Å². The summed E-state index contributed by atoms with van der Waals surface area (Å²) in [6, 6.07) is 47.7. The largest absolute Gasteiger partial charge is 0.436 e. The average Bonchev–Trinajstić information content (AvgIpc) is 3.47. The van der Waals surface area contributed by atoms with Crippen molar-refractivity contribution in [2.45, 2.75) is 11.6 Å². The van der Waals surface area contributed by atoms with Crippen LogP contribution in [0.4, 0.5) is 13.6 Å². The van der Waals surface area contributed by atoms with E-state index in [2.05, 4.69) is 0 Å². The quantitative estimate of drug-likeness (QED) is 0.172. The van der Waals surface area contributed by atoms with Crippen molar-refractivity contribution in [1.29, 1.82) is 0 Å². The molecule has 0 aliphatic heterocycles. The monoisotopic (exact) mass is 621 g/mol. The number of hydrogen-bond donors (Lipinski definition) is 1. The molecule has 1 amide bonds. The topological polar surface area (TPSA) is 70.1 Å². The zero-order chi connectivity index (χ0) is 32.4. The molecule has 1 unspecified atom stereocenters. The third-order valence-corrected chi connectivity index (χ3v) is 8.41. The molecule has 7 heteroatoms. The van der Waals surface area contributed by atoms with Crippen LogP contribution in [-0.2, 0) is 10.3 Å². The van der Waals surface area contributed by atoms with Crippen molar-refractivity contribution < 1.29 is 18.3 Å². The van der Waals surface area contributed by atoms with Crippen LogP contribution < -0.4 is 5.73 Å². The Kier molecular flexibility index (Phi) is 7.80. The van der Waals surface area contributed by atoms with E-state index in [1.807, 2.05) is 102 Å². The van der Waals surface area contributed by atoms with Crippen molar-refractivity contribution in [3.05, 3.63) is 197 Å². The summed E-state index contributed by atoms with van der Waals surface area (Å²) >= 11 is 0. The van der Waals surface area contributed by atoms with E-state index in [0.29, 0.717) is 27.7 Å². The Morgan fingerprint density at radius 2 is 1.21 bits per heavy atom. The minimum Gasteiger partial charge on any atom is -0.436 e. The van der Waals surface area contributed by atoms with Gasteiger partial charge in [-0.1, -0.05) is 133 Å². The fraction of sp³-hybridized carbons (Fsp3) is 0.0500. The van der Waals surface area contributed by atoms with Crippen LogP contribution in [0.25, 0.3) is 22.2 Å². The second kappa shape index (κ2) is 12.4. The van der Waals surface area contributed by atoms with Crippen LogP contribution in [0, 0.1) is 11.6 Å². The molecule has 0 bridgehead atoms. The summed E-state index contributed by atoms with van der Waals surface area (Å²) in [5.41, 5.74) is 9.07. The number of nitrogens with two attached hydrogens (primary N) is 1. The number of fused-ring (bicyclic) bond motifs is 1. The third kappa shape index (κ3) is 5.32. The van der Waals surface area contributed by atoms with E-state index < -0.39 is 29.4 Å². The molecule has 0 radical (unpaired) electrons. The molecule has 7 aromatic rings. The molecule has 2 N–H and O–H groups in total. The van der Waals surface area contributed by atoms with Gasteiger partial charge in [0.1, 0.15) is 22.9 Å². The van der Waals surface area contributed by atoms with Crippen molar-refractivity contribution in [2.75, 3.05) is 0 Å². The van der Waals surface area contributed by atoms with Crippen LogP contribution in [0.15, 0.2) is 158 Å². The van der Waals surface area contributed by atoms with E-state index in [4.69, 9.17) is 15.6 Å². The molecule has 47 heavy (non-hydrogen) atoms. The Balaban J connectivity index is 1.62. The highest BCUT2D eigenvalue weighted by molar-refractivity contribution is 5.95. The first-order valence-electron chi connectivity index (χ1n) is 15.1. The molecule has 0 spiro atoms. The molecular formula is C40H29F2N3O2. The van der Waals surface area contributed by atoms with Crippen LogP contribution >= 0.6 is 0 Å². The maximum Gasteiger partial charge on any atom is 0.405 e. The van der Waals surface area contributed by atoms with Gasteiger partial charge >= 0.3 is 6.09 Å². The lowest BCUT2D eigenvalue weighted by molar-refractivity contribution is 0.124. The summed E-state index contributed by atoms with van der Waals surface area (Å²) in [7, 11) is 0. The average molecular weight is 622 g/mol. The second-order valence-electron chi connectivity index (χ2n) is 11.2. The van der Waals surface area contributed by atoms with Gasteiger partial charge in [-0.2, -0.15) is 5.10 Å². The lowest BCUT2D eigenvalue weighted by Gasteiger charge is -2.37. The highest BCUT2D eigenvalue weighted by Gasteiger charge is 2.41. The van der Waals surface area contributed by atoms with E-state index in [-0.39, 0.29) is 5.56 Å². The zero-order valence-electron chi connectivity index (χ0n) is 25.1. The van der Waals surface area contributed by atoms with Gasteiger partial charge in [-0.15, -0.1) is 0 Å². The molecule has 0 aliphatic carbocycles. The van der Waals surface area contributed by atoms with Gasteiger partial charge in [-0.3, -0.25) is 0 Å². The molecule has 7 rings (SSSR count). The smallest absolute Gasteiger partial charge is 0.405 e. The Morgan fingerprint density at radius 3 is 1.72 bits per heavy atom. The van der Waals surface area contributed by atoms with Crippen molar-refractivity contribution in [3.63, 3.8) is 0 Å². The van der Waals surface area contributed by atoms with Gasteiger partial charge in [0.15, 0.2) is 6.10 Å². The molecular weight excluding hydrogens is 592 g/mol. The van der Waals surface area contributed by atoms with Gasteiger partial charge in [0.2, 0.25) is 0 Å². The molecule has 0 saturated carbocycles. The minimum atomic E-state index is -1.14. The van der Waals surface area contributed by atoms with Crippen LogP contribution in [0.5, 0.6) is 0 Å². The summed E-state index contributed by atoms with van der Waals surface area (Å²) in [6.07, 6.45) is -2.18. The molecule has 0 saturated heterocycles. The van der Waals surface area contributed by atoms with Gasteiger partial charge in [0.25, 0.3) is 0 Å². The number of aromatic nitrogens is 2. The molecule has 1 atom stereocenters. The minimum absolute atomic E-state index is 0.0874. The molecule has 1 heterocycles. The summed E-state index contributed by atoms with van der Waals surface area (Å²) < 4.78 is 38.7. The maximum atomic E-state index is 16.6. The van der Waals surface area contributed by atoms with Crippen molar-refractivity contribution in [1.82, 2.24) is 9.78 Å². The normalized spacial score (nSPS) is 12.1. The first-order valence-corrected chi connectivity index (χ1v) is 15.1. The fourth-order valence-electron chi connectivity index (χ4n) is 6.42. The van der Waals surface area contributed by atoms with Gasteiger partial charge < -0.3 is 10.5 Å². The number of hydrogen-bond acceptors (Lipinski definition) is 3. The lowest BCUT2D eigenvalue weighted by atomic mass is 9.77. The number of carbonyl (C=O) groups is 1. The maximum absolute atomic E-state index is 16.6. The van der Waals surface area contributed by atoms with Gasteiger partial charge in [-0.05, 0) is 40.5 Å². The van der Waals surface area contributed by atoms with Crippen LogP contribution in [0.3, 0.4) is 0 Å². The molecule has 0 aliphatic rings. The standard InChI is InChI=1S/C40H29F2N3O2/c41-32-23-13-16-28(24-32)37-34-25-33(38(47-39(43)46)27-14-5-1-6-15-27)35(42)26-36(34)45(44-37)40(29-17-7-2-8-18-29,30-19-9-3-10-20-30)31-21-11-4-12-22-31/h1-26,38H,(H2,43,46). The van der Waals surface area contributed by atoms with Gasteiger partial charge in [0.05, 0.1) is 5.52 Å². The number of benzene rings is 6. The second-order valence-corrected chi connectivity index (χ2v) is 11.2. The van der Waals surface area contributed by atoms with E-state index >= 15 is 4.39 Å². The summed E-state index contributed by atoms with van der Waals surface area (Å²) in [5.74, 6) is -1.06. The summed E-state index contributed by atoms with van der Waals surface area (Å²) in [5, 5.41) is 5.76. The number of primary amides is 1. The number of halogens is 2. The van der Waals surface area contributed by atoms with Crippen LogP contribution in [0.2, 0.25) is 0 Å². The Labute approximate surface area is 270 Å². The number of ether oxygens (including phenoxy) is 1. The summed E-state index contributed by atoms with van der Waals surface area (Å²) in [6.45, 7) is 0. The van der Waals surface area contributed by atoms with E-state index in [1.54, 1.807) is 42.5 Å². The van der Waals surface area contributed by atoms with E-state index in [1.165, 1.54) is 18.2 Å². The van der Waals surface area contributed by atoms with Crippen molar-refractivity contribution >= 4 is 17.0 Å². The molecule has 0 fully saturated rings. The predicted molar refractivity (Wildman–Crippen MR) is 179 cm³/mol. The third-order valence-electron chi connectivity index (χ3n) is 8.41. The lowest BCUT2D eigenvalue weighted by Crippen LogP contribution is -2.38. The predicted octanol–water partition coefficient (Wildman–Crippen LogP) is 9.01. The molecule has 5 nitrogen and oxygen atoms in total. The van der Waals surface area contributed by atoms with Crippen LogP contribution in [0.1, 0.15) is 33.9 Å². The first kappa shape index (κ1) is 29.6. The number of carbonyl (C=O) groups excluding carboxylic acids is 1. The number of amides is 1. The Hall–Kier alpha value is -6.08. The van der Waals surface area contributed by atoms with Crippen molar-refractivity contribution in [2.24, 2.45) is 5.73 Å². The number of rotatable bonds is 8. The fourth-order valence-corrected chi connectivity index (χ4v) is 6.42. The SMILES string of the molecule is NC(=O)OC(c1ccccc1)c1cc2c(-c3cccc(F)c3)nn(C(c3ccccc3)(c3ccccc3)c3ccccc3)c2cc1F. The highest BCUT2D eigenvalue weighted by atomic mass is 19.1.